The molecule has 1 aromatic carbocycles. The van der Waals surface area contributed by atoms with Gasteiger partial charge in [-0.3, -0.25) is 4.79 Å². The molecule has 0 aliphatic heterocycles. The number of sulfonamides is 1. The van der Waals surface area contributed by atoms with Gasteiger partial charge in [0.2, 0.25) is 5.91 Å². The Balaban J connectivity index is 2.30. The Morgan fingerprint density at radius 3 is 2.43 bits per heavy atom. The van der Waals surface area contributed by atoms with Gasteiger partial charge in [0.1, 0.15) is 10.3 Å². The van der Waals surface area contributed by atoms with Gasteiger partial charge in [-0.2, -0.15) is 4.72 Å². The third-order valence-corrected chi connectivity index (χ3v) is 6.09. The van der Waals surface area contributed by atoms with Crippen LogP contribution >= 0.6 is 11.3 Å². The number of rotatable bonds is 6. The van der Waals surface area contributed by atoms with E-state index in [0.717, 1.165) is 11.3 Å². The van der Waals surface area contributed by atoms with E-state index in [1.165, 1.54) is 17.4 Å². The zero-order valence-corrected chi connectivity index (χ0v) is 13.1. The average Bonchev–Trinajstić information content (AvgIpc) is 2.95. The minimum absolute atomic E-state index is 0.182. The van der Waals surface area contributed by atoms with Gasteiger partial charge in [0.25, 0.3) is 10.0 Å². The number of amides is 1. The molecule has 1 heterocycles. The fourth-order valence-corrected chi connectivity index (χ4v) is 4.35. The zero-order chi connectivity index (χ0) is 15.5. The van der Waals surface area contributed by atoms with Crippen LogP contribution in [0.5, 0.6) is 0 Å². The monoisotopic (exact) mass is 324 g/mol. The van der Waals surface area contributed by atoms with Gasteiger partial charge in [0, 0.05) is 4.88 Å². The number of nitrogens with one attached hydrogen (secondary N) is 1. The van der Waals surface area contributed by atoms with E-state index in [4.69, 9.17) is 5.73 Å². The maximum absolute atomic E-state index is 12.3. The number of carbonyl (C=O) groups is 1. The quantitative estimate of drug-likeness (QED) is 0.849. The normalized spacial score (nSPS) is 13.0. The summed E-state index contributed by atoms with van der Waals surface area (Å²) in [6.45, 7) is 1.95. The first-order valence-electron chi connectivity index (χ1n) is 6.39. The van der Waals surface area contributed by atoms with Crippen LogP contribution in [0.3, 0.4) is 0 Å². The second-order valence-electron chi connectivity index (χ2n) is 4.44. The summed E-state index contributed by atoms with van der Waals surface area (Å²) in [5.74, 6) is -0.739. The minimum Gasteiger partial charge on any atom is -0.368 e. The van der Waals surface area contributed by atoms with E-state index < -0.39 is 22.0 Å². The van der Waals surface area contributed by atoms with Crippen molar-refractivity contribution < 1.29 is 13.2 Å². The van der Waals surface area contributed by atoms with Gasteiger partial charge in [-0.25, -0.2) is 8.42 Å². The summed E-state index contributed by atoms with van der Waals surface area (Å²) in [4.78, 5) is 12.5. The Kier molecular flexibility index (Phi) is 4.76. The van der Waals surface area contributed by atoms with Crippen molar-refractivity contribution >= 4 is 27.3 Å². The van der Waals surface area contributed by atoms with Crippen LogP contribution in [0.1, 0.15) is 23.4 Å². The summed E-state index contributed by atoms with van der Waals surface area (Å²) in [7, 11) is -3.77. The Labute approximate surface area is 127 Å². The Hall–Kier alpha value is -1.70. The summed E-state index contributed by atoms with van der Waals surface area (Å²) >= 11 is 1.19. The Bertz CT molecular complexity index is 724. The molecule has 1 aromatic heterocycles. The molecule has 0 unspecified atom stereocenters. The fraction of sp³-hybridized carbons (Fsp3) is 0.214. The molecular formula is C14H16N2O3S2. The molecule has 2 rings (SSSR count). The fourth-order valence-electron chi connectivity index (χ4n) is 1.84. The summed E-state index contributed by atoms with van der Waals surface area (Å²) in [6, 6.07) is 10.8. The number of thiophene rings is 1. The van der Waals surface area contributed by atoms with E-state index in [2.05, 4.69) is 4.72 Å². The molecule has 2 aromatic rings. The maximum atomic E-state index is 12.3. The largest absolute Gasteiger partial charge is 0.368 e. The van der Waals surface area contributed by atoms with Crippen LogP contribution in [-0.4, -0.2) is 14.3 Å². The van der Waals surface area contributed by atoms with Gasteiger partial charge in [0.05, 0.1) is 0 Å². The van der Waals surface area contributed by atoms with E-state index in [0.29, 0.717) is 5.56 Å². The van der Waals surface area contributed by atoms with Gasteiger partial charge < -0.3 is 5.73 Å². The first-order chi connectivity index (χ1) is 9.94. The lowest BCUT2D eigenvalue weighted by atomic mass is 10.1. The zero-order valence-electron chi connectivity index (χ0n) is 11.4. The summed E-state index contributed by atoms with van der Waals surface area (Å²) in [5.41, 5.74) is 5.84. The van der Waals surface area contributed by atoms with Crippen LogP contribution in [0.15, 0.2) is 46.7 Å². The van der Waals surface area contributed by atoms with Crippen LogP contribution in [0, 0.1) is 0 Å². The summed E-state index contributed by atoms with van der Waals surface area (Å²) < 4.78 is 27.2. The third-order valence-electron chi connectivity index (χ3n) is 2.94. The van der Waals surface area contributed by atoms with E-state index in [9.17, 15) is 13.2 Å². The van der Waals surface area contributed by atoms with E-state index in [1.54, 1.807) is 36.4 Å². The SMILES string of the molecule is CCc1ccc(S(=O)(=O)N[C@H](C(N)=O)c2ccccc2)s1. The molecule has 112 valence electrons. The van der Waals surface area contributed by atoms with Crippen LogP contribution in [0.25, 0.3) is 0 Å². The van der Waals surface area contributed by atoms with Crippen molar-refractivity contribution in [2.45, 2.75) is 23.6 Å². The number of nitrogens with two attached hydrogens (primary N) is 1. The van der Waals surface area contributed by atoms with Crippen LogP contribution < -0.4 is 10.5 Å². The topological polar surface area (TPSA) is 89.3 Å². The van der Waals surface area contributed by atoms with Gasteiger partial charge in [-0.1, -0.05) is 37.3 Å². The lowest BCUT2D eigenvalue weighted by Crippen LogP contribution is -2.37. The predicted molar refractivity (Wildman–Crippen MR) is 82.4 cm³/mol. The number of primary amides is 1. The van der Waals surface area contributed by atoms with E-state index in [-0.39, 0.29) is 4.21 Å². The maximum Gasteiger partial charge on any atom is 0.251 e. The molecule has 0 saturated carbocycles. The highest BCUT2D eigenvalue weighted by Crippen LogP contribution is 2.24. The number of hydrogen-bond donors (Lipinski definition) is 2. The molecule has 0 fully saturated rings. The predicted octanol–water partition coefficient (Wildman–Crippen LogP) is 1.82. The molecule has 0 radical (unpaired) electrons. The lowest BCUT2D eigenvalue weighted by molar-refractivity contribution is -0.119. The molecule has 0 saturated heterocycles. The van der Waals surface area contributed by atoms with Crippen molar-refractivity contribution in [3.05, 3.63) is 52.9 Å². The van der Waals surface area contributed by atoms with Gasteiger partial charge >= 0.3 is 0 Å². The van der Waals surface area contributed by atoms with Crippen LogP contribution in [0.2, 0.25) is 0 Å². The molecule has 3 N–H and O–H groups in total. The molecule has 0 bridgehead atoms. The minimum atomic E-state index is -3.77. The van der Waals surface area contributed by atoms with Crippen molar-refractivity contribution in [1.82, 2.24) is 4.72 Å². The first kappa shape index (κ1) is 15.7. The molecule has 0 spiro atoms. The van der Waals surface area contributed by atoms with Crippen LogP contribution in [-0.2, 0) is 21.2 Å². The highest BCUT2D eigenvalue weighted by molar-refractivity contribution is 7.91. The second kappa shape index (κ2) is 6.38. The first-order valence-corrected chi connectivity index (χ1v) is 8.69. The Morgan fingerprint density at radius 2 is 1.90 bits per heavy atom. The summed E-state index contributed by atoms with van der Waals surface area (Å²) in [5, 5.41) is 0. The molecule has 5 nitrogen and oxygen atoms in total. The molecule has 0 aliphatic rings. The van der Waals surface area contributed by atoms with Crippen LogP contribution in [0.4, 0.5) is 0 Å². The van der Waals surface area contributed by atoms with E-state index in [1.807, 2.05) is 6.92 Å². The smallest absolute Gasteiger partial charge is 0.251 e. The summed E-state index contributed by atoms with van der Waals surface area (Å²) in [6.07, 6.45) is 0.762. The number of hydrogen-bond acceptors (Lipinski definition) is 4. The Morgan fingerprint density at radius 1 is 1.24 bits per heavy atom. The number of benzene rings is 1. The standard InChI is InChI=1S/C14H16N2O3S2/c1-2-11-8-9-12(20-11)21(18,19)16-13(14(15)17)10-6-4-3-5-7-10/h3-9,13,16H,2H2,1H3,(H2,15,17)/t13-/m0/s1. The van der Waals surface area contributed by atoms with Crippen molar-refractivity contribution in [2.75, 3.05) is 0 Å². The highest BCUT2D eigenvalue weighted by atomic mass is 32.2. The van der Waals surface area contributed by atoms with E-state index >= 15 is 0 Å². The third kappa shape index (κ3) is 3.69. The van der Waals surface area contributed by atoms with Crippen molar-refractivity contribution in [3.63, 3.8) is 0 Å². The highest BCUT2D eigenvalue weighted by Gasteiger charge is 2.26. The van der Waals surface area contributed by atoms with Gasteiger partial charge in [-0.15, -0.1) is 11.3 Å². The number of aryl methyl sites for hydroxylation is 1. The average molecular weight is 324 g/mol. The lowest BCUT2D eigenvalue weighted by Gasteiger charge is -2.15. The molecular weight excluding hydrogens is 308 g/mol. The molecule has 0 aliphatic carbocycles. The van der Waals surface area contributed by atoms with Gasteiger partial charge in [-0.05, 0) is 24.1 Å². The number of carbonyl (C=O) groups excluding carboxylic acids is 1. The molecule has 7 heteroatoms. The molecule has 1 atom stereocenters. The van der Waals surface area contributed by atoms with Crippen molar-refractivity contribution in [3.8, 4) is 0 Å². The second-order valence-corrected chi connectivity index (χ2v) is 7.55. The van der Waals surface area contributed by atoms with Gasteiger partial charge in [0.15, 0.2) is 0 Å². The molecule has 1 amide bonds. The van der Waals surface area contributed by atoms with Crippen molar-refractivity contribution in [2.24, 2.45) is 5.73 Å². The molecule has 21 heavy (non-hydrogen) atoms. The van der Waals surface area contributed by atoms with Crippen molar-refractivity contribution in [1.29, 1.82) is 0 Å².